The summed E-state index contributed by atoms with van der Waals surface area (Å²) in [6, 6.07) is 3.86. The van der Waals surface area contributed by atoms with Gasteiger partial charge in [-0.1, -0.05) is 6.92 Å². The molecule has 1 aromatic rings. The van der Waals surface area contributed by atoms with E-state index in [0.29, 0.717) is 19.1 Å². The van der Waals surface area contributed by atoms with Gasteiger partial charge in [-0.25, -0.2) is 4.98 Å². The van der Waals surface area contributed by atoms with Gasteiger partial charge >= 0.3 is 0 Å². The topological polar surface area (TPSA) is 51.4 Å². The molecule has 1 unspecified atom stereocenters. The van der Waals surface area contributed by atoms with E-state index in [4.69, 9.17) is 10.5 Å². The smallest absolute Gasteiger partial charge is 0.171 e. The van der Waals surface area contributed by atoms with Crippen LogP contribution < -0.4 is 15.4 Å². The zero-order valence-corrected chi connectivity index (χ0v) is 11.0. The lowest BCUT2D eigenvalue weighted by Crippen LogP contribution is -2.32. The number of hydrogen-bond donors (Lipinski definition) is 1. The van der Waals surface area contributed by atoms with Gasteiger partial charge in [0, 0.05) is 19.3 Å². The van der Waals surface area contributed by atoms with Gasteiger partial charge < -0.3 is 15.4 Å². The Morgan fingerprint density at radius 3 is 2.82 bits per heavy atom. The van der Waals surface area contributed by atoms with Crippen LogP contribution in [0.25, 0.3) is 0 Å². The van der Waals surface area contributed by atoms with Gasteiger partial charge in [-0.3, -0.25) is 0 Å². The molecule has 0 bridgehead atoms. The quantitative estimate of drug-likeness (QED) is 0.787. The van der Waals surface area contributed by atoms with Crippen molar-refractivity contribution in [3.8, 4) is 5.75 Å². The molecule has 0 saturated carbocycles. The van der Waals surface area contributed by atoms with E-state index in [1.54, 1.807) is 6.20 Å². The second-order valence-corrected chi connectivity index (χ2v) is 4.14. The Kier molecular flexibility index (Phi) is 5.77. The third-order valence-corrected chi connectivity index (χ3v) is 2.67. The van der Waals surface area contributed by atoms with Crippen LogP contribution in [0.5, 0.6) is 5.75 Å². The van der Waals surface area contributed by atoms with Crippen molar-refractivity contribution in [2.75, 3.05) is 31.1 Å². The van der Waals surface area contributed by atoms with Crippen molar-refractivity contribution in [1.29, 1.82) is 0 Å². The number of pyridine rings is 1. The Bertz CT molecular complexity index is 330. The predicted molar refractivity (Wildman–Crippen MR) is 71.5 cm³/mol. The molecule has 1 rings (SSSR count). The number of rotatable bonds is 7. The van der Waals surface area contributed by atoms with E-state index in [1.165, 1.54) is 0 Å². The highest BCUT2D eigenvalue weighted by Gasteiger charge is 2.14. The van der Waals surface area contributed by atoms with E-state index in [1.807, 2.05) is 19.1 Å². The molecular formula is C13H23N3O. The van der Waals surface area contributed by atoms with Crippen LogP contribution in [-0.2, 0) is 0 Å². The van der Waals surface area contributed by atoms with E-state index < -0.39 is 0 Å². The predicted octanol–water partition coefficient (Wildman–Crippen LogP) is 1.90. The zero-order valence-electron chi connectivity index (χ0n) is 11.0. The molecule has 1 aromatic heterocycles. The second kappa shape index (κ2) is 7.12. The first-order valence-electron chi connectivity index (χ1n) is 6.25. The van der Waals surface area contributed by atoms with Crippen molar-refractivity contribution >= 4 is 5.82 Å². The van der Waals surface area contributed by atoms with E-state index >= 15 is 0 Å². The monoisotopic (exact) mass is 237 g/mol. The third-order valence-electron chi connectivity index (χ3n) is 2.67. The van der Waals surface area contributed by atoms with E-state index in [9.17, 15) is 0 Å². The van der Waals surface area contributed by atoms with Crippen LogP contribution in [-0.4, -0.2) is 31.2 Å². The average Bonchev–Trinajstić information content (AvgIpc) is 2.37. The minimum atomic E-state index is 0.450. The zero-order chi connectivity index (χ0) is 12.7. The first kappa shape index (κ1) is 13.8. The van der Waals surface area contributed by atoms with Gasteiger partial charge in [0.05, 0.1) is 6.61 Å². The number of aromatic nitrogens is 1. The number of hydrogen-bond acceptors (Lipinski definition) is 4. The summed E-state index contributed by atoms with van der Waals surface area (Å²) in [6.07, 6.45) is 1.80. The van der Waals surface area contributed by atoms with Crippen LogP contribution in [0.2, 0.25) is 0 Å². The Morgan fingerprint density at radius 2 is 2.24 bits per heavy atom. The molecule has 1 heterocycles. The molecule has 4 nitrogen and oxygen atoms in total. The lowest BCUT2D eigenvalue weighted by atomic mass is 10.1. The van der Waals surface area contributed by atoms with Gasteiger partial charge in [0.25, 0.3) is 0 Å². The largest absolute Gasteiger partial charge is 0.490 e. The van der Waals surface area contributed by atoms with Crippen molar-refractivity contribution < 1.29 is 4.74 Å². The van der Waals surface area contributed by atoms with Gasteiger partial charge in [0.1, 0.15) is 0 Å². The standard InChI is InChI=1S/C13H23N3O/c1-4-16(10-11(3)9-14)13-12(17-5-2)7-6-8-15-13/h6-8,11H,4-5,9-10,14H2,1-3H3. The molecule has 17 heavy (non-hydrogen) atoms. The summed E-state index contributed by atoms with van der Waals surface area (Å²) in [5.41, 5.74) is 5.67. The fourth-order valence-electron chi connectivity index (χ4n) is 1.70. The maximum absolute atomic E-state index is 5.67. The lowest BCUT2D eigenvalue weighted by Gasteiger charge is -2.26. The van der Waals surface area contributed by atoms with E-state index in [2.05, 4.69) is 23.7 Å². The highest BCUT2D eigenvalue weighted by molar-refractivity contribution is 5.51. The normalized spacial score (nSPS) is 12.2. The number of nitrogens with two attached hydrogens (primary N) is 1. The van der Waals surface area contributed by atoms with Crippen molar-refractivity contribution in [1.82, 2.24) is 4.98 Å². The first-order chi connectivity index (χ1) is 8.22. The van der Waals surface area contributed by atoms with Crippen LogP contribution in [0, 0.1) is 5.92 Å². The van der Waals surface area contributed by atoms with E-state index in [0.717, 1.165) is 24.7 Å². The minimum Gasteiger partial charge on any atom is -0.490 e. The Hall–Kier alpha value is -1.29. The lowest BCUT2D eigenvalue weighted by molar-refractivity contribution is 0.338. The molecule has 0 aliphatic heterocycles. The van der Waals surface area contributed by atoms with Crippen LogP contribution in [0.3, 0.4) is 0 Å². The van der Waals surface area contributed by atoms with Crippen molar-refractivity contribution in [3.05, 3.63) is 18.3 Å². The van der Waals surface area contributed by atoms with Crippen molar-refractivity contribution in [2.24, 2.45) is 11.7 Å². The summed E-state index contributed by atoms with van der Waals surface area (Å²) in [7, 11) is 0. The van der Waals surface area contributed by atoms with Gasteiger partial charge in [-0.2, -0.15) is 0 Å². The fourth-order valence-corrected chi connectivity index (χ4v) is 1.70. The molecule has 1 atom stereocenters. The highest BCUT2D eigenvalue weighted by atomic mass is 16.5. The van der Waals surface area contributed by atoms with Crippen LogP contribution >= 0.6 is 0 Å². The molecule has 0 radical (unpaired) electrons. The SMILES string of the molecule is CCOc1cccnc1N(CC)CC(C)CN. The van der Waals surface area contributed by atoms with Gasteiger partial charge in [-0.15, -0.1) is 0 Å². The second-order valence-electron chi connectivity index (χ2n) is 4.14. The molecule has 0 fully saturated rings. The van der Waals surface area contributed by atoms with Gasteiger partial charge in [0.2, 0.25) is 0 Å². The Morgan fingerprint density at radius 1 is 1.47 bits per heavy atom. The van der Waals surface area contributed by atoms with Crippen LogP contribution in [0.15, 0.2) is 18.3 Å². The van der Waals surface area contributed by atoms with Crippen molar-refractivity contribution in [2.45, 2.75) is 20.8 Å². The van der Waals surface area contributed by atoms with Gasteiger partial charge in [-0.05, 0) is 38.4 Å². The van der Waals surface area contributed by atoms with Crippen molar-refractivity contribution in [3.63, 3.8) is 0 Å². The summed E-state index contributed by atoms with van der Waals surface area (Å²) in [6.45, 7) is 9.40. The molecular weight excluding hydrogens is 214 g/mol. The molecule has 4 heteroatoms. The fraction of sp³-hybridized carbons (Fsp3) is 0.615. The Balaban J connectivity index is 2.86. The molecule has 0 saturated heterocycles. The number of nitrogens with zero attached hydrogens (tertiary/aromatic N) is 2. The number of anilines is 1. The van der Waals surface area contributed by atoms with Crippen LogP contribution in [0.4, 0.5) is 5.82 Å². The molecule has 0 spiro atoms. The highest BCUT2D eigenvalue weighted by Crippen LogP contribution is 2.25. The molecule has 0 amide bonds. The summed E-state index contributed by atoms with van der Waals surface area (Å²) < 4.78 is 5.60. The minimum absolute atomic E-state index is 0.450. The van der Waals surface area contributed by atoms with Gasteiger partial charge in [0.15, 0.2) is 11.6 Å². The summed E-state index contributed by atoms with van der Waals surface area (Å²) in [5.74, 6) is 2.21. The van der Waals surface area contributed by atoms with Crippen LogP contribution in [0.1, 0.15) is 20.8 Å². The molecule has 2 N–H and O–H groups in total. The Labute approximate surface area is 104 Å². The summed E-state index contributed by atoms with van der Waals surface area (Å²) in [4.78, 5) is 6.63. The molecule has 0 aromatic carbocycles. The first-order valence-corrected chi connectivity index (χ1v) is 6.25. The molecule has 96 valence electrons. The average molecular weight is 237 g/mol. The maximum Gasteiger partial charge on any atom is 0.171 e. The third kappa shape index (κ3) is 3.89. The maximum atomic E-state index is 5.67. The van der Waals surface area contributed by atoms with E-state index in [-0.39, 0.29) is 0 Å². The summed E-state index contributed by atoms with van der Waals surface area (Å²) in [5, 5.41) is 0. The number of ether oxygens (including phenoxy) is 1. The summed E-state index contributed by atoms with van der Waals surface area (Å²) >= 11 is 0. The molecule has 0 aliphatic rings. The molecule has 0 aliphatic carbocycles.